The first-order valence-electron chi connectivity index (χ1n) is 9.57. The fourth-order valence-electron chi connectivity index (χ4n) is 3.86. The van der Waals surface area contributed by atoms with Crippen molar-refractivity contribution in [2.75, 3.05) is 28.6 Å². The van der Waals surface area contributed by atoms with E-state index in [2.05, 4.69) is 54.0 Å². The lowest BCUT2D eigenvalue weighted by molar-refractivity contribution is 0.751. The second-order valence-electron chi connectivity index (χ2n) is 7.23. The number of nitrogen functional groups attached to an aromatic ring is 1. The Labute approximate surface area is 183 Å². The van der Waals surface area contributed by atoms with Gasteiger partial charge < -0.3 is 20.5 Å². The van der Waals surface area contributed by atoms with Crippen LogP contribution in [0, 0.1) is 0 Å². The van der Waals surface area contributed by atoms with Crippen molar-refractivity contribution in [3.05, 3.63) is 70.0 Å². The Balaban J connectivity index is 1.50. The van der Waals surface area contributed by atoms with Gasteiger partial charge in [-0.2, -0.15) is 9.97 Å². The summed E-state index contributed by atoms with van der Waals surface area (Å²) in [5.41, 5.74) is 10.8. The van der Waals surface area contributed by atoms with Crippen LogP contribution in [0.3, 0.4) is 0 Å². The monoisotopic (exact) mass is 439 g/mol. The molecule has 0 radical (unpaired) electrons. The number of anilines is 3. The third-order valence-corrected chi connectivity index (χ3v) is 6.01. The third kappa shape index (κ3) is 3.51. The average Bonchev–Trinajstić information content (AvgIpc) is 3.13. The summed E-state index contributed by atoms with van der Waals surface area (Å²) in [6.45, 7) is 2.99. The Bertz CT molecular complexity index is 1220. The maximum atomic E-state index is 6.23. The van der Waals surface area contributed by atoms with Gasteiger partial charge in [0.25, 0.3) is 0 Å². The van der Waals surface area contributed by atoms with Crippen molar-refractivity contribution < 1.29 is 0 Å². The number of fused-ring (bicyclic) bond motifs is 2. The van der Waals surface area contributed by atoms with Gasteiger partial charge in [-0.05, 0) is 29.3 Å². The smallest absolute Gasteiger partial charge is 0.224 e. The SMILES string of the molecule is Nc1nc(N2CCN(Cc3ccc(Cl)c(Cl)c3)c3ccccc3C2)c2nc[nH]c2n1. The Morgan fingerprint density at radius 3 is 2.77 bits per heavy atom. The third-order valence-electron chi connectivity index (χ3n) is 5.27. The van der Waals surface area contributed by atoms with Crippen LogP contribution in [-0.2, 0) is 13.1 Å². The molecule has 0 fully saturated rings. The maximum absolute atomic E-state index is 6.23. The van der Waals surface area contributed by atoms with Gasteiger partial charge in [-0.25, -0.2) is 4.98 Å². The van der Waals surface area contributed by atoms with Crippen LogP contribution in [0.5, 0.6) is 0 Å². The van der Waals surface area contributed by atoms with Gasteiger partial charge in [-0.3, -0.25) is 0 Å². The van der Waals surface area contributed by atoms with Gasteiger partial charge in [0.1, 0.15) is 0 Å². The molecule has 3 N–H and O–H groups in total. The van der Waals surface area contributed by atoms with Crippen LogP contribution in [0.25, 0.3) is 11.2 Å². The number of H-pyrrole nitrogens is 1. The van der Waals surface area contributed by atoms with E-state index in [0.717, 1.165) is 36.5 Å². The van der Waals surface area contributed by atoms with Crippen LogP contribution >= 0.6 is 23.2 Å². The van der Waals surface area contributed by atoms with Gasteiger partial charge >= 0.3 is 0 Å². The summed E-state index contributed by atoms with van der Waals surface area (Å²) in [6, 6.07) is 14.2. The minimum Gasteiger partial charge on any atom is -0.368 e. The van der Waals surface area contributed by atoms with Gasteiger partial charge in [-0.15, -0.1) is 0 Å². The summed E-state index contributed by atoms with van der Waals surface area (Å²) in [5, 5.41) is 1.13. The van der Waals surface area contributed by atoms with Gasteiger partial charge in [0, 0.05) is 31.9 Å². The number of imidazole rings is 1. The van der Waals surface area contributed by atoms with Crippen LogP contribution in [-0.4, -0.2) is 33.0 Å². The highest BCUT2D eigenvalue weighted by molar-refractivity contribution is 6.42. The van der Waals surface area contributed by atoms with E-state index in [9.17, 15) is 0 Å². The molecule has 0 aliphatic carbocycles. The summed E-state index contributed by atoms with van der Waals surface area (Å²) in [5.74, 6) is 0.969. The van der Waals surface area contributed by atoms with Gasteiger partial charge in [0.15, 0.2) is 17.0 Å². The molecule has 1 aliphatic rings. The van der Waals surface area contributed by atoms with Crippen molar-refractivity contribution in [2.24, 2.45) is 0 Å². The van der Waals surface area contributed by atoms with Gasteiger partial charge in [0.05, 0.1) is 16.4 Å². The standard InChI is InChI=1S/C21H19Cl2N7/c22-15-6-5-13(9-16(15)23)10-29-7-8-30(11-14-3-1-2-4-17(14)29)20-18-19(26-12-25-18)27-21(24)28-20/h1-6,9,12H,7-8,10-11H2,(H3,24,25,26,27,28). The first kappa shape index (κ1) is 19.0. The number of benzene rings is 2. The molecular weight excluding hydrogens is 421 g/mol. The summed E-state index contributed by atoms with van der Waals surface area (Å²) >= 11 is 12.3. The average molecular weight is 440 g/mol. The number of nitrogens with zero attached hydrogens (tertiary/aromatic N) is 5. The molecule has 5 rings (SSSR count). The van der Waals surface area contributed by atoms with Crippen LogP contribution < -0.4 is 15.5 Å². The van der Waals surface area contributed by atoms with Crippen molar-refractivity contribution in [2.45, 2.75) is 13.1 Å². The lowest BCUT2D eigenvalue weighted by atomic mass is 10.1. The zero-order chi connectivity index (χ0) is 20.7. The number of nitrogens with two attached hydrogens (primary N) is 1. The zero-order valence-corrected chi connectivity index (χ0v) is 17.5. The molecule has 9 heteroatoms. The highest BCUT2D eigenvalue weighted by Gasteiger charge is 2.23. The lowest BCUT2D eigenvalue weighted by Crippen LogP contribution is -2.32. The molecule has 0 saturated carbocycles. The lowest BCUT2D eigenvalue weighted by Gasteiger charge is -2.25. The van der Waals surface area contributed by atoms with E-state index < -0.39 is 0 Å². The molecule has 7 nitrogen and oxygen atoms in total. The summed E-state index contributed by atoms with van der Waals surface area (Å²) in [4.78, 5) is 20.7. The largest absolute Gasteiger partial charge is 0.368 e. The number of hydrogen-bond donors (Lipinski definition) is 2. The van der Waals surface area contributed by atoms with E-state index in [1.165, 1.54) is 11.3 Å². The molecule has 152 valence electrons. The maximum Gasteiger partial charge on any atom is 0.224 e. The number of nitrogens with one attached hydrogen (secondary N) is 1. The Hall–Kier alpha value is -3.03. The molecule has 0 atom stereocenters. The zero-order valence-electron chi connectivity index (χ0n) is 16.0. The first-order chi connectivity index (χ1) is 14.6. The number of aromatic nitrogens is 4. The molecule has 0 bridgehead atoms. The van der Waals surface area contributed by atoms with Crippen molar-refractivity contribution in [3.63, 3.8) is 0 Å². The predicted molar refractivity (Wildman–Crippen MR) is 121 cm³/mol. The minimum absolute atomic E-state index is 0.229. The quantitative estimate of drug-likeness (QED) is 0.495. The molecule has 0 unspecified atom stereocenters. The molecule has 2 aromatic heterocycles. The molecule has 1 aliphatic heterocycles. The highest BCUT2D eigenvalue weighted by Crippen LogP contribution is 2.31. The van der Waals surface area contributed by atoms with E-state index in [-0.39, 0.29) is 5.95 Å². The Morgan fingerprint density at radius 1 is 1.03 bits per heavy atom. The van der Waals surface area contributed by atoms with Crippen LogP contribution in [0.1, 0.15) is 11.1 Å². The van der Waals surface area contributed by atoms with Crippen molar-refractivity contribution >= 4 is 51.8 Å². The molecule has 2 aromatic carbocycles. The Kier molecular flexibility index (Phi) is 4.84. The van der Waals surface area contributed by atoms with Gasteiger partial charge in [-0.1, -0.05) is 47.5 Å². The van der Waals surface area contributed by atoms with Crippen molar-refractivity contribution in [1.29, 1.82) is 0 Å². The van der Waals surface area contributed by atoms with E-state index in [4.69, 9.17) is 28.9 Å². The van der Waals surface area contributed by atoms with Crippen LogP contribution in [0.2, 0.25) is 10.0 Å². The van der Waals surface area contributed by atoms with Gasteiger partial charge in [0.2, 0.25) is 5.95 Å². The Morgan fingerprint density at radius 2 is 1.90 bits per heavy atom. The second kappa shape index (κ2) is 7.66. The second-order valence-corrected chi connectivity index (χ2v) is 8.04. The molecule has 3 heterocycles. The van der Waals surface area contributed by atoms with Crippen LogP contribution in [0.4, 0.5) is 17.5 Å². The number of rotatable bonds is 3. The fourth-order valence-corrected chi connectivity index (χ4v) is 4.18. The summed E-state index contributed by atoms with van der Waals surface area (Å²) < 4.78 is 0. The van der Waals surface area contributed by atoms with Crippen molar-refractivity contribution in [3.8, 4) is 0 Å². The van der Waals surface area contributed by atoms with Crippen molar-refractivity contribution in [1.82, 2.24) is 19.9 Å². The van der Waals surface area contributed by atoms with E-state index in [1.807, 2.05) is 18.2 Å². The number of para-hydroxylation sites is 1. The summed E-state index contributed by atoms with van der Waals surface area (Å²) in [7, 11) is 0. The molecule has 0 spiro atoms. The fraction of sp³-hybridized carbons (Fsp3) is 0.190. The number of halogens is 2. The van der Waals surface area contributed by atoms with E-state index in [0.29, 0.717) is 22.2 Å². The molecule has 0 saturated heterocycles. The van der Waals surface area contributed by atoms with E-state index >= 15 is 0 Å². The molecule has 30 heavy (non-hydrogen) atoms. The molecule has 0 amide bonds. The molecule has 4 aromatic rings. The first-order valence-corrected chi connectivity index (χ1v) is 10.3. The minimum atomic E-state index is 0.229. The topological polar surface area (TPSA) is 87.0 Å². The number of aromatic amines is 1. The highest BCUT2D eigenvalue weighted by atomic mass is 35.5. The normalized spacial score (nSPS) is 14.1. The van der Waals surface area contributed by atoms with Crippen LogP contribution in [0.15, 0.2) is 48.8 Å². The number of hydrogen-bond acceptors (Lipinski definition) is 6. The predicted octanol–water partition coefficient (Wildman–Crippen LogP) is 4.27. The summed E-state index contributed by atoms with van der Waals surface area (Å²) in [6.07, 6.45) is 1.62. The van der Waals surface area contributed by atoms with E-state index in [1.54, 1.807) is 6.33 Å². The molecular formula is C21H19Cl2N7.